The first-order valence-corrected chi connectivity index (χ1v) is 6.83. The molecule has 1 N–H and O–H groups in total. The lowest BCUT2D eigenvalue weighted by molar-refractivity contribution is 0.185. The number of aliphatic hydroxyl groups excluding tert-OH is 1. The summed E-state index contributed by atoms with van der Waals surface area (Å²) in [6.45, 7) is 3.14. The zero-order valence-electron chi connectivity index (χ0n) is 11.2. The van der Waals surface area contributed by atoms with Gasteiger partial charge in [0.1, 0.15) is 5.82 Å². The predicted octanol–water partition coefficient (Wildman–Crippen LogP) is 1.73. The van der Waals surface area contributed by atoms with Gasteiger partial charge in [0.05, 0.1) is 0 Å². The molecule has 3 rings (SSSR count). The molecule has 19 heavy (non-hydrogen) atoms. The van der Waals surface area contributed by atoms with Crippen LogP contribution in [0.1, 0.15) is 29.2 Å². The van der Waals surface area contributed by atoms with Crippen molar-refractivity contribution in [1.82, 2.24) is 14.8 Å². The van der Waals surface area contributed by atoms with E-state index in [-0.39, 0.29) is 6.61 Å². The average Bonchev–Trinajstić information content (AvgIpc) is 2.79. The molecule has 0 fully saturated rings. The van der Waals surface area contributed by atoms with Gasteiger partial charge >= 0.3 is 0 Å². The minimum absolute atomic E-state index is 0.243. The van der Waals surface area contributed by atoms with Crippen LogP contribution in [0, 0.1) is 12.8 Å². The Hall–Kier alpha value is -1.68. The number of aliphatic hydroxyl groups is 1. The number of hydrogen-bond donors (Lipinski definition) is 1. The Morgan fingerprint density at radius 3 is 3.11 bits per heavy atom. The lowest BCUT2D eigenvalue weighted by atomic mass is 10.0. The van der Waals surface area contributed by atoms with E-state index in [2.05, 4.69) is 41.3 Å². The molecule has 1 aliphatic rings. The fourth-order valence-corrected chi connectivity index (χ4v) is 2.65. The summed E-state index contributed by atoms with van der Waals surface area (Å²) in [5, 5.41) is 13.8. The van der Waals surface area contributed by atoms with Gasteiger partial charge in [0, 0.05) is 31.9 Å². The zero-order valence-corrected chi connectivity index (χ0v) is 11.2. The minimum Gasteiger partial charge on any atom is -0.396 e. The smallest absolute Gasteiger partial charge is 0.155 e. The molecule has 0 saturated heterocycles. The first-order valence-electron chi connectivity index (χ1n) is 6.83. The van der Waals surface area contributed by atoms with Crippen LogP contribution in [-0.2, 0) is 19.4 Å². The Labute approximate surface area is 113 Å². The molecule has 1 atom stereocenters. The van der Waals surface area contributed by atoms with Crippen LogP contribution in [0.3, 0.4) is 0 Å². The van der Waals surface area contributed by atoms with Crippen LogP contribution in [0.4, 0.5) is 0 Å². The van der Waals surface area contributed by atoms with Crippen molar-refractivity contribution in [2.45, 2.75) is 32.7 Å². The molecule has 2 heterocycles. The van der Waals surface area contributed by atoms with Gasteiger partial charge in [-0.1, -0.05) is 29.8 Å². The van der Waals surface area contributed by atoms with Crippen LogP contribution >= 0.6 is 0 Å². The van der Waals surface area contributed by atoms with Crippen LogP contribution in [-0.4, -0.2) is 26.5 Å². The summed E-state index contributed by atoms with van der Waals surface area (Å²) in [6.07, 6.45) is 2.72. The van der Waals surface area contributed by atoms with Gasteiger partial charge in [-0.3, -0.25) is 0 Å². The number of hydrogen-bond acceptors (Lipinski definition) is 3. The quantitative estimate of drug-likeness (QED) is 0.911. The van der Waals surface area contributed by atoms with Crippen LogP contribution in [0.5, 0.6) is 0 Å². The summed E-state index contributed by atoms with van der Waals surface area (Å²) < 4.78 is 1.97. The Balaban J connectivity index is 1.78. The van der Waals surface area contributed by atoms with Gasteiger partial charge in [-0.2, -0.15) is 5.10 Å². The van der Waals surface area contributed by atoms with E-state index in [1.807, 2.05) is 4.68 Å². The molecular weight excluding hydrogens is 238 g/mol. The van der Waals surface area contributed by atoms with E-state index >= 15 is 0 Å². The molecule has 1 aromatic carbocycles. The van der Waals surface area contributed by atoms with E-state index in [9.17, 15) is 5.11 Å². The van der Waals surface area contributed by atoms with E-state index in [0.717, 1.165) is 37.5 Å². The lowest BCUT2D eigenvalue weighted by Crippen LogP contribution is -2.23. The van der Waals surface area contributed by atoms with Crippen molar-refractivity contribution in [2.75, 3.05) is 6.61 Å². The third-order valence-corrected chi connectivity index (χ3v) is 3.70. The van der Waals surface area contributed by atoms with Crippen molar-refractivity contribution < 1.29 is 5.11 Å². The number of rotatable bonds is 3. The molecule has 1 aromatic heterocycles. The molecule has 4 heteroatoms. The molecule has 0 amide bonds. The fraction of sp³-hybridized carbons (Fsp3) is 0.467. The summed E-state index contributed by atoms with van der Waals surface area (Å²) in [5.74, 6) is 2.28. The second kappa shape index (κ2) is 5.13. The largest absolute Gasteiger partial charge is 0.396 e. The van der Waals surface area contributed by atoms with E-state index < -0.39 is 0 Å². The number of aromatic nitrogens is 3. The number of fused-ring (bicyclic) bond motifs is 1. The van der Waals surface area contributed by atoms with E-state index in [0.29, 0.717) is 5.92 Å². The van der Waals surface area contributed by atoms with E-state index in [4.69, 9.17) is 0 Å². The van der Waals surface area contributed by atoms with Gasteiger partial charge in [-0.15, -0.1) is 0 Å². The van der Waals surface area contributed by atoms with Gasteiger partial charge in [0.15, 0.2) is 5.82 Å². The Morgan fingerprint density at radius 1 is 1.42 bits per heavy atom. The van der Waals surface area contributed by atoms with Crippen molar-refractivity contribution in [2.24, 2.45) is 5.92 Å². The molecule has 0 aliphatic carbocycles. The lowest BCUT2D eigenvalue weighted by Gasteiger charge is -2.19. The molecule has 0 saturated carbocycles. The van der Waals surface area contributed by atoms with Gasteiger partial charge in [0.2, 0.25) is 0 Å². The molecular formula is C15H19N3O. The summed E-state index contributed by atoms with van der Waals surface area (Å²) >= 11 is 0. The van der Waals surface area contributed by atoms with Gasteiger partial charge in [-0.25, -0.2) is 9.67 Å². The van der Waals surface area contributed by atoms with Crippen LogP contribution in [0.2, 0.25) is 0 Å². The molecule has 1 aliphatic heterocycles. The maximum Gasteiger partial charge on any atom is 0.155 e. The summed E-state index contributed by atoms with van der Waals surface area (Å²) in [4.78, 5) is 4.61. The normalized spacial score (nSPS) is 18.3. The number of aryl methyl sites for hydroxylation is 2. The molecule has 4 nitrogen and oxygen atoms in total. The second-order valence-corrected chi connectivity index (χ2v) is 5.38. The van der Waals surface area contributed by atoms with Crippen LogP contribution in [0.15, 0.2) is 24.3 Å². The van der Waals surface area contributed by atoms with E-state index in [1.54, 1.807) is 0 Å². The Morgan fingerprint density at radius 2 is 2.32 bits per heavy atom. The van der Waals surface area contributed by atoms with E-state index in [1.165, 1.54) is 11.1 Å². The molecule has 0 spiro atoms. The third kappa shape index (κ3) is 2.68. The Kier molecular flexibility index (Phi) is 3.34. The molecule has 100 valence electrons. The van der Waals surface area contributed by atoms with Gasteiger partial charge in [-0.05, 0) is 18.9 Å². The van der Waals surface area contributed by atoms with Crippen LogP contribution < -0.4 is 0 Å². The van der Waals surface area contributed by atoms with Crippen molar-refractivity contribution in [3.63, 3.8) is 0 Å². The second-order valence-electron chi connectivity index (χ2n) is 5.38. The predicted molar refractivity (Wildman–Crippen MR) is 72.9 cm³/mol. The van der Waals surface area contributed by atoms with Crippen molar-refractivity contribution in [1.29, 1.82) is 0 Å². The SMILES string of the molecule is Cc1cccc(Cc2nc3n(n2)CC(CO)CC3)c1. The minimum atomic E-state index is 0.243. The van der Waals surface area contributed by atoms with Gasteiger partial charge in [0.25, 0.3) is 0 Å². The first kappa shape index (κ1) is 12.4. The highest BCUT2D eigenvalue weighted by Gasteiger charge is 2.20. The van der Waals surface area contributed by atoms with Gasteiger partial charge < -0.3 is 5.11 Å². The highest BCUT2D eigenvalue weighted by Crippen LogP contribution is 2.18. The van der Waals surface area contributed by atoms with Crippen molar-refractivity contribution in [3.05, 3.63) is 47.0 Å². The van der Waals surface area contributed by atoms with Crippen molar-refractivity contribution in [3.8, 4) is 0 Å². The fourth-order valence-electron chi connectivity index (χ4n) is 2.65. The molecule has 1 unspecified atom stereocenters. The van der Waals surface area contributed by atoms with Crippen LogP contribution in [0.25, 0.3) is 0 Å². The highest BCUT2D eigenvalue weighted by atomic mass is 16.3. The topological polar surface area (TPSA) is 50.9 Å². The highest BCUT2D eigenvalue weighted by molar-refractivity contribution is 5.24. The maximum absolute atomic E-state index is 9.23. The summed E-state index contributed by atoms with van der Waals surface area (Å²) in [6, 6.07) is 8.46. The first-order chi connectivity index (χ1) is 9.24. The number of nitrogens with zero attached hydrogens (tertiary/aromatic N) is 3. The average molecular weight is 257 g/mol. The summed E-state index contributed by atoms with van der Waals surface area (Å²) in [7, 11) is 0. The van der Waals surface area contributed by atoms with Crippen molar-refractivity contribution >= 4 is 0 Å². The monoisotopic (exact) mass is 257 g/mol. The maximum atomic E-state index is 9.23. The molecule has 0 bridgehead atoms. The Bertz CT molecular complexity index is 577. The number of benzene rings is 1. The zero-order chi connectivity index (χ0) is 13.2. The summed E-state index contributed by atoms with van der Waals surface area (Å²) in [5.41, 5.74) is 2.52. The molecule has 0 radical (unpaired) electrons. The molecule has 2 aromatic rings. The standard InChI is InChI=1S/C15H19N3O/c1-11-3-2-4-12(7-11)8-14-16-15-6-5-13(10-19)9-18(15)17-14/h2-4,7,13,19H,5-6,8-10H2,1H3. The third-order valence-electron chi connectivity index (χ3n) is 3.70.